The quantitative estimate of drug-likeness (QED) is 0.829. The molecule has 1 aromatic carbocycles. The minimum absolute atomic E-state index is 0.871. The van der Waals surface area contributed by atoms with Gasteiger partial charge in [0.1, 0.15) is 5.75 Å². The maximum atomic E-state index is 5.20. The molecule has 0 radical (unpaired) electrons. The lowest BCUT2D eigenvalue weighted by atomic mass is 9.81. The Kier molecular flexibility index (Phi) is 3.06. The predicted octanol–water partition coefficient (Wildman–Crippen LogP) is 1.30. The van der Waals surface area contributed by atoms with Crippen LogP contribution in [-0.2, 0) is 6.42 Å². The normalized spacial score (nSPS) is 31.5. The number of quaternary nitrogens is 1. The molecule has 3 saturated heterocycles. The number of benzene rings is 1. The van der Waals surface area contributed by atoms with E-state index in [0.717, 1.165) is 17.7 Å². The standard InChI is InChI=1S/C15H21NO/c1-17-15-4-2-12(3-5-15)10-14-11-13-6-8-16(14)9-7-13/h2-5,13-14H,6-11H2,1H3/p+1/t14-/m0/s1. The summed E-state index contributed by atoms with van der Waals surface area (Å²) in [5.74, 6) is 1.99. The van der Waals surface area contributed by atoms with Crippen LogP contribution in [-0.4, -0.2) is 26.2 Å². The number of nitrogens with one attached hydrogen (secondary N) is 1. The average Bonchev–Trinajstić information content (AvgIpc) is 2.41. The van der Waals surface area contributed by atoms with Crippen molar-refractivity contribution in [2.45, 2.75) is 31.7 Å². The molecule has 1 atom stereocenters. The van der Waals surface area contributed by atoms with Gasteiger partial charge in [0.15, 0.2) is 0 Å². The Balaban J connectivity index is 1.66. The first-order chi connectivity index (χ1) is 8.35. The number of ether oxygens (including phenoxy) is 1. The second-order valence-corrected chi connectivity index (χ2v) is 5.59. The molecule has 3 aliphatic heterocycles. The van der Waals surface area contributed by atoms with Crippen molar-refractivity contribution in [2.24, 2.45) is 5.92 Å². The first-order valence-electron chi connectivity index (χ1n) is 6.82. The number of hydrogen-bond acceptors (Lipinski definition) is 1. The van der Waals surface area contributed by atoms with Crippen molar-refractivity contribution in [3.8, 4) is 5.75 Å². The van der Waals surface area contributed by atoms with Gasteiger partial charge in [0.2, 0.25) is 0 Å². The lowest BCUT2D eigenvalue weighted by molar-refractivity contribution is -0.941. The van der Waals surface area contributed by atoms with Crippen LogP contribution in [0, 0.1) is 5.92 Å². The highest BCUT2D eigenvalue weighted by Gasteiger charge is 2.36. The van der Waals surface area contributed by atoms with Gasteiger partial charge in [-0.05, 0) is 36.5 Å². The minimum atomic E-state index is 0.871. The van der Waals surface area contributed by atoms with Gasteiger partial charge in [-0.1, -0.05) is 12.1 Å². The highest BCUT2D eigenvalue weighted by atomic mass is 16.5. The van der Waals surface area contributed by atoms with Crippen LogP contribution in [0.5, 0.6) is 5.75 Å². The van der Waals surface area contributed by atoms with Gasteiger partial charge in [-0.15, -0.1) is 0 Å². The second kappa shape index (κ2) is 4.69. The largest absolute Gasteiger partial charge is 0.497 e. The zero-order chi connectivity index (χ0) is 11.7. The minimum Gasteiger partial charge on any atom is -0.497 e. The number of fused-ring (bicyclic) bond motifs is 3. The van der Waals surface area contributed by atoms with E-state index < -0.39 is 0 Å². The maximum absolute atomic E-state index is 5.20. The monoisotopic (exact) mass is 232 g/mol. The predicted molar refractivity (Wildman–Crippen MR) is 68.5 cm³/mol. The number of hydrogen-bond donors (Lipinski definition) is 1. The highest BCUT2D eigenvalue weighted by Crippen LogP contribution is 2.23. The number of methoxy groups -OCH3 is 1. The zero-order valence-corrected chi connectivity index (χ0v) is 10.6. The lowest BCUT2D eigenvalue weighted by Gasteiger charge is -2.42. The average molecular weight is 232 g/mol. The van der Waals surface area contributed by atoms with E-state index in [1.54, 1.807) is 7.11 Å². The third-order valence-electron chi connectivity index (χ3n) is 4.58. The van der Waals surface area contributed by atoms with Gasteiger partial charge in [-0.25, -0.2) is 0 Å². The van der Waals surface area contributed by atoms with Crippen LogP contribution in [0.2, 0.25) is 0 Å². The molecular weight excluding hydrogens is 210 g/mol. The van der Waals surface area contributed by atoms with Gasteiger partial charge in [0, 0.05) is 12.8 Å². The van der Waals surface area contributed by atoms with Crippen LogP contribution in [0.15, 0.2) is 24.3 Å². The van der Waals surface area contributed by atoms with E-state index in [-0.39, 0.29) is 0 Å². The molecule has 92 valence electrons. The van der Waals surface area contributed by atoms with Crippen LogP contribution in [0.4, 0.5) is 0 Å². The van der Waals surface area contributed by atoms with Crippen molar-refractivity contribution in [1.29, 1.82) is 0 Å². The summed E-state index contributed by atoms with van der Waals surface area (Å²) in [5, 5.41) is 0. The third-order valence-corrected chi connectivity index (χ3v) is 4.58. The molecule has 17 heavy (non-hydrogen) atoms. The van der Waals surface area contributed by atoms with Crippen LogP contribution in [0.1, 0.15) is 24.8 Å². The highest BCUT2D eigenvalue weighted by molar-refractivity contribution is 5.27. The summed E-state index contributed by atoms with van der Waals surface area (Å²) in [7, 11) is 1.73. The van der Waals surface area contributed by atoms with E-state index in [4.69, 9.17) is 4.74 Å². The summed E-state index contributed by atoms with van der Waals surface area (Å²) in [6.07, 6.45) is 5.63. The van der Waals surface area contributed by atoms with E-state index >= 15 is 0 Å². The molecule has 2 nitrogen and oxygen atoms in total. The first-order valence-corrected chi connectivity index (χ1v) is 6.82. The molecule has 3 fully saturated rings. The van der Waals surface area contributed by atoms with Crippen molar-refractivity contribution >= 4 is 0 Å². The Bertz CT molecular complexity index is 365. The molecular formula is C15H22NO+. The molecule has 0 spiro atoms. The lowest BCUT2D eigenvalue weighted by Crippen LogP contribution is -3.18. The topological polar surface area (TPSA) is 13.7 Å². The van der Waals surface area contributed by atoms with Gasteiger partial charge in [0.05, 0.1) is 26.2 Å². The van der Waals surface area contributed by atoms with Crippen molar-refractivity contribution in [2.75, 3.05) is 20.2 Å². The molecule has 2 heteroatoms. The van der Waals surface area contributed by atoms with Crippen molar-refractivity contribution < 1.29 is 9.64 Å². The second-order valence-electron chi connectivity index (χ2n) is 5.59. The summed E-state index contributed by atoms with van der Waals surface area (Å²) < 4.78 is 5.20. The Morgan fingerprint density at radius 3 is 2.41 bits per heavy atom. The van der Waals surface area contributed by atoms with Gasteiger partial charge in [-0.2, -0.15) is 0 Å². The summed E-state index contributed by atoms with van der Waals surface area (Å²) in [6, 6.07) is 9.49. The van der Waals surface area contributed by atoms with Gasteiger partial charge in [0.25, 0.3) is 0 Å². The molecule has 0 unspecified atom stereocenters. The molecule has 1 aromatic rings. The molecule has 1 N–H and O–H groups in total. The Morgan fingerprint density at radius 1 is 1.18 bits per heavy atom. The summed E-state index contributed by atoms with van der Waals surface area (Å²) in [5.41, 5.74) is 1.47. The number of rotatable bonds is 3. The molecule has 0 saturated carbocycles. The Hall–Kier alpha value is -1.02. The third kappa shape index (κ3) is 2.32. The van der Waals surface area contributed by atoms with E-state index in [1.165, 1.54) is 44.3 Å². The molecule has 0 aliphatic carbocycles. The van der Waals surface area contributed by atoms with Gasteiger partial charge >= 0.3 is 0 Å². The maximum Gasteiger partial charge on any atom is 0.118 e. The molecule has 3 aliphatic rings. The van der Waals surface area contributed by atoms with Crippen molar-refractivity contribution in [1.82, 2.24) is 0 Å². The van der Waals surface area contributed by atoms with E-state index in [0.29, 0.717) is 0 Å². The van der Waals surface area contributed by atoms with Crippen LogP contribution >= 0.6 is 0 Å². The smallest absolute Gasteiger partial charge is 0.118 e. The summed E-state index contributed by atoms with van der Waals surface area (Å²) in [4.78, 5) is 1.85. The van der Waals surface area contributed by atoms with E-state index in [2.05, 4.69) is 24.3 Å². The molecule has 0 aromatic heterocycles. The Morgan fingerprint density at radius 2 is 1.88 bits per heavy atom. The fourth-order valence-corrected chi connectivity index (χ4v) is 3.54. The molecule has 2 bridgehead atoms. The van der Waals surface area contributed by atoms with E-state index in [9.17, 15) is 0 Å². The fraction of sp³-hybridized carbons (Fsp3) is 0.600. The van der Waals surface area contributed by atoms with Crippen LogP contribution in [0.3, 0.4) is 0 Å². The fourth-order valence-electron chi connectivity index (χ4n) is 3.54. The molecule has 3 heterocycles. The molecule has 0 amide bonds. The first kappa shape index (κ1) is 11.1. The van der Waals surface area contributed by atoms with Gasteiger partial charge < -0.3 is 9.64 Å². The van der Waals surface area contributed by atoms with E-state index in [1.807, 2.05) is 4.90 Å². The zero-order valence-electron chi connectivity index (χ0n) is 10.6. The summed E-state index contributed by atoms with van der Waals surface area (Å²) >= 11 is 0. The SMILES string of the molecule is COc1ccc(C[C@H]2CC3CC[NH+]2CC3)cc1. The van der Waals surface area contributed by atoms with Crippen molar-refractivity contribution in [3.63, 3.8) is 0 Å². The van der Waals surface area contributed by atoms with Crippen LogP contribution < -0.4 is 9.64 Å². The number of piperidine rings is 3. The van der Waals surface area contributed by atoms with Crippen molar-refractivity contribution in [3.05, 3.63) is 29.8 Å². The van der Waals surface area contributed by atoms with Gasteiger partial charge in [-0.3, -0.25) is 0 Å². The summed E-state index contributed by atoms with van der Waals surface area (Å²) in [6.45, 7) is 2.82. The Labute approximate surface area is 104 Å². The van der Waals surface area contributed by atoms with Crippen LogP contribution in [0.25, 0.3) is 0 Å². The molecule has 4 rings (SSSR count).